The van der Waals surface area contributed by atoms with Crippen LogP contribution in [0, 0.1) is 52.3 Å². The molecule has 5 heteroatoms. The third-order valence-electron chi connectivity index (χ3n) is 12.2. The minimum absolute atomic E-state index is 0.0117. The van der Waals surface area contributed by atoms with E-state index in [1.165, 1.54) is 64.7 Å². The highest BCUT2D eigenvalue weighted by Crippen LogP contribution is 2.72. The molecule has 5 aliphatic rings. The molecule has 0 aromatic heterocycles. The summed E-state index contributed by atoms with van der Waals surface area (Å²) in [4.78, 5) is 11.4. The number of fused-ring (bicyclic) bond motifs is 6. The van der Waals surface area contributed by atoms with Gasteiger partial charge in [0.05, 0.1) is 0 Å². The van der Waals surface area contributed by atoms with E-state index in [0.29, 0.717) is 23.4 Å². The van der Waals surface area contributed by atoms with Crippen molar-refractivity contribution in [2.45, 2.75) is 129 Å². The van der Waals surface area contributed by atoms with E-state index in [1.807, 2.05) is 11.8 Å². The van der Waals surface area contributed by atoms with E-state index < -0.39 is 0 Å². The molecule has 1 aliphatic heterocycles. The second kappa shape index (κ2) is 10.8. The van der Waals surface area contributed by atoms with Crippen LogP contribution < -0.4 is 0 Å². The van der Waals surface area contributed by atoms with Crippen LogP contribution >= 0.6 is 23.4 Å². The minimum atomic E-state index is -0.204. The quantitative estimate of drug-likeness (QED) is 0.233. The lowest BCUT2D eigenvalue weighted by Gasteiger charge is -2.65. The zero-order chi connectivity index (χ0) is 26.6. The van der Waals surface area contributed by atoms with Crippen molar-refractivity contribution < 1.29 is 14.3 Å². The molecular formula is C32H53ClO3S. The van der Waals surface area contributed by atoms with Gasteiger partial charge in [0.25, 0.3) is 0 Å². The Morgan fingerprint density at radius 3 is 2.51 bits per heavy atom. The fourth-order valence-corrected chi connectivity index (χ4v) is 12.5. The summed E-state index contributed by atoms with van der Waals surface area (Å²) in [5, 5.41) is 0.264. The smallest absolute Gasteiger partial charge is 0.302 e. The molecule has 1 saturated heterocycles. The summed E-state index contributed by atoms with van der Waals surface area (Å²) in [5.74, 6) is 6.13. The number of halogens is 1. The minimum Gasteiger partial charge on any atom is -0.463 e. The number of alkyl halides is 1. The molecule has 4 saturated carbocycles. The second-order valence-corrected chi connectivity index (χ2v) is 16.6. The molecule has 1 spiro atoms. The lowest BCUT2D eigenvalue weighted by molar-refractivity contribution is -0.198. The summed E-state index contributed by atoms with van der Waals surface area (Å²) in [5.41, 5.74) is 0.785. The van der Waals surface area contributed by atoms with E-state index in [4.69, 9.17) is 21.1 Å². The van der Waals surface area contributed by atoms with Crippen LogP contribution in [0.5, 0.6) is 0 Å². The molecular weight excluding hydrogens is 500 g/mol. The fourth-order valence-electron chi connectivity index (χ4n) is 10.5. The first-order valence-electron chi connectivity index (χ1n) is 15.6. The third kappa shape index (κ3) is 5.16. The van der Waals surface area contributed by atoms with E-state index in [2.05, 4.69) is 34.6 Å². The van der Waals surface area contributed by atoms with Crippen LogP contribution in [0.2, 0.25) is 0 Å². The van der Waals surface area contributed by atoms with Crippen LogP contribution in [0.4, 0.5) is 0 Å². The van der Waals surface area contributed by atoms with Gasteiger partial charge in [-0.05, 0) is 97.7 Å². The van der Waals surface area contributed by atoms with Crippen molar-refractivity contribution in [3.63, 3.8) is 0 Å². The average Bonchev–Trinajstić information content (AvgIpc) is 3.40. The second-order valence-electron chi connectivity index (χ2n) is 14.7. The molecule has 0 amide bonds. The van der Waals surface area contributed by atoms with E-state index in [-0.39, 0.29) is 22.4 Å². The van der Waals surface area contributed by atoms with Crippen molar-refractivity contribution in [3.8, 4) is 0 Å². The molecule has 0 aromatic carbocycles. The van der Waals surface area contributed by atoms with Gasteiger partial charge in [0.2, 0.25) is 0 Å². The first-order valence-corrected chi connectivity index (χ1v) is 17.0. The van der Waals surface area contributed by atoms with Crippen LogP contribution in [-0.4, -0.2) is 34.7 Å². The molecule has 11 atom stereocenters. The molecule has 0 radical (unpaired) electrons. The Morgan fingerprint density at radius 2 is 1.78 bits per heavy atom. The van der Waals surface area contributed by atoms with Gasteiger partial charge in [-0.15, -0.1) is 23.4 Å². The van der Waals surface area contributed by atoms with Crippen LogP contribution in [0.15, 0.2) is 0 Å². The number of carbonyl (C=O) groups is 1. The van der Waals surface area contributed by atoms with Crippen LogP contribution in [0.3, 0.4) is 0 Å². The van der Waals surface area contributed by atoms with Crippen molar-refractivity contribution >= 4 is 29.3 Å². The normalized spacial score (nSPS) is 47.9. The van der Waals surface area contributed by atoms with Crippen LogP contribution in [-0.2, 0) is 14.3 Å². The molecule has 1 heterocycles. The van der Waals surface area contributed by atoms with Gasteiger partial charge < -0.3 is 9.47 Å². The molecule has 5 rings (SSSR count). The van der Waals surface area contributed by atoms with E-state index in [0.717, 1.165) is 54.1 Å². The number of ether oxygens (including phenoxy) is 2. The predicted molar refractivity (Wildman–Crippen MR) is 155 cm³/mol. The lowest BCUT2D eigenvalue weighted by atomic mass is 9.43. The summed E-state index contributed by atoms with van der Waals surface area (Å²) in [6.45, 7) is 14.5. The Labute approximate surface area is 236 Å². The maximum Gasteiger partial charge on any atom is 0.302 e. The molecule has 3 nitrogen and oxygen atoms in total. The Bertz CT molecular complexity index is 835. The number of carbonyl (C=O) groups excluding carboxylic acids is 1. The molecule has 5 fully saturated rings. The molecule has 212 valence electrons. The molecule has 1 unspecified atom stereocenters. The van der Waals surface area contributed by atoms with Gasteiger partial charge in [0, 0.05) is 24.0 Å². The lowest BCUT2D eigenvalue weighted by Crippen LogP contribution is -2.62. The van der Waals surface area contributed by atoms with Crippen molar-refractivity contribution in [1.29, 1.82) is 0 Å². The highest BCUT2D eigenvalue weighted by Gasteiger charge is 2.67. The van der Waals surface area contributed by atoms with E-state index in [9.17, 15) is 4.79 Å². The fraction of sp³-hybridized carbons (Fsp3) is 0.969. The topological polar surface area (TPSA) is 35.5 Å². The molecule has 4 aliphatic carbocycles. The first kappa shape index (κ1) is 28.6. The largest absolute Gasteiger partial charge is 0.463 e. The zero-order valence-electron chi connectivity index (χ0n) is 24.4. The Morgan fingerprint density at radius 1 is 1.05 bits per heavy atom. The number of thioether (sulfide) groups is 1. The molecule has 0 bridgehead atoms. The monoisotopic (exact) mass is 552 g/mol. The average molecular weight is 553 g/mol. The van der Waals surface area contributed by atoms with E-state index >= 15 is 0 Å². The van der Waals surface area contributed by atoms with Crippen molar-refractivity contribution in [1.82, 2.24) is 0 Å². The summed E-state index contributed by atoms with van der Waals surface area (Å²) < 4.78 is 12.4. The summed E-state index contributed by atoms with van der Waals surface area (Å²) >= 11 is 8.92. The summed E-state index contributed by atoms with van der Waals surface area (Å²) in [7, 11) is 0. The van der Waals surface area contributed by atoms with Crippen molar-refractivity contribution in [3.05, 3.63) is 0 Å². The summed E-state index contributed by atoms with van der Waals surface area (Å²) in [6.07, 6.45) is 14.5. The molecule has 0 aromatic rings. The zero-order valence-corrected chi connectivity index (χ0v) is 26.0. The van der Waals surface area contributed by atoms with Gasteiger partial charge >= 0.3 is 5.97 Å². The molecule has 37 heavy (non-hydrogen) atoms. The third-order valence-corrected chi connectivity index (χ3v) is 14.1. The van der Waals surface area contributed by atoms with E-state index in [1.54, 1.807) is 0 Å². The summed E-state index contributed by atoms with van der Waals surface area (Å²) in [6, 6.07) is 0. The predicted octanol–water partition coefficient (Wildman–Crippen LogP) is 8.72. The van der Waals surface area contributed by atoms with Crippen LogP contribution in [0.1, 0.15) is 112 Å². The van der Waals surface area contributed by atoms with Gasteiger partial charge in [-0.1, -0.05) is 53.9 Å². The first-order chi connectivity index (χ1) is 17.5. The van der Waals surface area contributed by atoms with Gasteiger partial charge in [-0.3, -0.25) is 4.79 Å². The Balaban J connectivity index is 1.39. The highest BCUT2D eigenvalue weighted by atomic mass is 35.5. The SMILES string of the molecule is CC(=O)OCC1CS[C@@]2(C[C@H]3[C@@H]4CC[C@H]([C@H](C)CCCC(C)C)[C@@]4(C)CC[C@@H]3[C@@]3(C)CC[C@H](Cl)C[C@@H]32)O1. The Kier molecular flexibility index (Phi) is 8.35. The number of esters is 1. The maximum absolute atomic E-state index is 11.5. The van der Waals surface area contributed by atoms with Gasteiger partial charge in [0.15, 0.2) is 0 Å². The van der Waals surface area contributed by atoms with Gasteiger partial charge in [-0.2, -0.15) is 0 Å². The number of hydrogen-bond donors (Lipinski definition) is 0. The maximum atomic E-state index is 11.5. The number of hydrogen-bond acceptors (Lipinski definition) is 4. The standard InChI is InChI=1S/C32H53ClO3S/c1-20(2)8-7-9-21(3)26-10-11-27-25-17-32(36-24(19-37-32)18-35-22(4)34)29-16-23(33)12-14-31(29,6)28(25)13-15-30(26,27)5/h20-21,23-29H,7-19H2,1-6H3/t21-,23+,24?,25+,26-,27+,28+,29+,30-,31-,32-/m1/s1. The van der Waals surface area contributed by atoms with Crippen LogP contribution in [0.25, 0.3) is 0 Å². The van der Waals surface area contributed by atoms with Gasteiger partial charge in [-0.25, -0.2) is 0 Å². The Hall–Kier alpha value is 0.0700. The van der Waals surface area contributed by atoms with Crippen molar-refractivity contribution in [2.24, 2.45) is 52.3 Å². The highest BCUT2D eigenvalue weighted by molar-refractivity contribution is 8.00. The van der Waals surface area contributed by atoms with Gasteiger partial charge in [0.1, 0.15) is 17.6 Å². The van der Waals surface area contributed by atoms with Crippen molar-refractivity contribution in [2.75, 3.05) is 12.4 Å². The molecule has 0 N–H and O–H groups in total. The number of rotatable bonds is 7.